The van der Waals surface area contributed by atoms with Crippen LogP contribution in [-0.2, 0) is 0 Å². The number of oxazole rings is 1. The number of nitrogens with zero attached hydrogens (tertiary/aromatic N) is 1. The molecule has 2 heterocycles. The quantitative estimate of drug-likeness (QED) is 0.432. The number of amides is 1. The number of carbonyl (C=O) groups is 1. The first-order chi connectivity index (χ1) is 16.1. The lowest BCUT2D eigenvalue weighted by molar-refractivity contribution is 0.0976. The summed E-state index contributed by atoms with van der Waals surface area (Å²) in [5.41, 5.74) is 3.34. The molecule has 8 nitrogen and oxygen atoms in total. The molecule has 0 fully saturated rings. The summed E-state index contributed by atoms with van der Waals surface area (Å²) >= 11 is 5.29. The molecule has 33 heavy (non-hydrogen) atoms. The third-order valence-corrected chi connectivity index (χ3v) is 5.22. The van der Waals surface area contributed by atoms with E-state index in [-0.39, 0.29) is 11.0 Å². The van der Waals surface area contributed by atoms with E-state index in [1.165, 1.54) is 0 Å². The van der Waals surface area contributed by atoms with Gasteiger partial charge in [-0.15, -0.1) is 0 Å². The van der Waals surface area contributed by atoms with Gasteiger partial charge >= 0.3 is 0 Å². The van der Waals surface area contributed by atoms with E-state index in [2.05, 4.69) is 15.6 Å². The monoisotopic (exact) mass is 461 g/mol. The molecule has 0 bridgehead atoms. The van der Waals surface area contributed by atoms with Crippen LogP contribution in [0, 0.1) is 0 Å². The Morgan fingerprint density at radius 1 is 1.00 bits per heavy atom. The SMILES string of the molecule is COc1ccc2oc(-c3ccc(NC(=S)NC(=O)c4ccc5c(c4)OCCO5)cc3)nc2c1. The molecular formula is C24H19N3O5S. The van der Waals surface area contributed by atoms with Gasteiger partial charge in [-0.05, 0) is 66.8 Å². The van der Waals surface area contributed by atoms with Crippen molar-refractivity contribution in [3.8, 4) is 28.7 Å². The molecule has 0 atom stereocenters. The van der Waals surface area contributed by atoms with Crippen molar-refractivity contribution < 1.29 is 23.4 Å². The van der Waals surface area contributed by atoms with Gasteiger partial charge in [-0.2, -0.15) is 0 Å². The molecule has 0 aliphatic carbocycles. The number of ether oxygens (including phenoxy) is 3. The van der Waals surface area contributed by atoms with Crippen LogP contribution in [0.2, 0.25) is 0 Å². The Bertz CT molecular complexity index is 1350. The number of nitrogens with one attached hydrogen (secondary N) is 2. The van der Waals surface area contributed by atoms with Crippen LogP contribution < -0.4 is 24.8 Å². The number of benzene rings is 3. The van der Waals surface area contributed by atoms with E-state index in [1.807, 2.05) is 42.5 Å². The van der Waals surface area contributed by atoms with E-state index < -0.39 is 0 Å². The van der Waals surface area contributed by atoms with Gasteiger partial charge < -0.3 is 23.9 Å². The Hall–Kier alpha value is -4.11. The Kier molecular flexibility index (Phi) is 5.54. The zero-order valence-electron chi connectivity index (χ0n) is 17.6. The highest BCUT2D eigenvalue weighted by atomic mass is 32.1. The van der Waals surface area contributed by atoms with E-state index in [9.17, 15) is 4.79 Å². The lowest BCUT2D eigenvalue weighted by Gasteiger charge is -2.18. The summed E-state index contributed by atoms with van der Waals surface area (Å²) in [7, 11) is 1.61. The highest BCUT2D eigenvalue weighted by Gasteiger charge is 2.16. The molecule has 1 amide bonds. The Balaban J connectivity index is 1.23. The number of methoxy groups -OCH3 is 1. The second-order valence-electron chi connectivity index (χ2n) is 7.20. The Morgan fingerprint density at radius 3 is 2.58 bits per heavy atom. The third-order valence-electron chi connectivity index (χ3n) is 5.02. The van der Waals surface area contributed by atoms with Crippen LogP contribution in [0.5, 0.6) is 17.2 Å². The maximum absolute atomic E-state index is 12.5. The molecule has 2 N–H and O–H groups in total. The lowest BCUT2D eigenvalue weighted by Crippen LogP contribution is -2.34. The first-order valence-electron chi connectivity index (χ1n) is 10.2. The van der Waals surface area contributed by atoms with Gasteiger partial charge in [0.15, 0.2) is 22.2 Å². The fourth-order valence-corrected chi connectivity index (χ4v) is 3.59. The molecule has 1 aliphatic heterocycles. The maximum atomic E-state index is 12.5. The van der Waals surface area contributed by atoms with Crippen LogP contribution in [0.25, 0.3) is 22.6 Å². The average molecular weight is 461 g/mol. The molecule has 1 aromatic heterocycles. The summed E-state index contributed by atoms with van der Waals surface area (Å²) in [6, 6.07) is 17.8. The van der Waals surface area contributed by atoms with Gasteiger partial charge in [-0.1, -0.05) is 0 Å². The van der Waals surface area contributed by atoms with Gasteiger partial charge in [0, 0.05) is 22.9 Å². The highest BCUT2D eigenvalue weighted by Crippen LogP contribution is 2.31. The number of fused-ring (bicyclic) bond motifs is 2. The Morgan fingerprint density at radius 2 is 1.79 bits per heavy atom. The standard InChI is InChI=1S/C24H19N3O5S/c1-29-17-7-9-19-18(13-17)26-23(32-19)14-2-5-16(6-3-14)25-24(33)27-22(28)15-4-8-20-21(12-15)31-11-10-30-20/h2-9,12-13H,10-11H2,1H3,(H2,25,27,28,33). The number of aromatic nitrogens is 1. The van der Waals surface area contributed by atoms with Crippen LogP contribution >= 0.6 is 12.2 Å². The van der Waals surface area contributed by atoms with Crippen molar-refractivity contribution in [1.82, 2.24) is 10.3 Å². The summed E-state index contributed by atoms with van der Waals surface area (Å²) in [4.78, 5) is 17.1. The largest absolute Gasteiger partial charge is 0.497 e. The molecule has 0 unspecified atom stereocenters. The summed E-state index contributed by atoms with van der Waals surface area (Å²) in [5.74, 6) is 2.04. The van der Waals surface area contributed by atoms with Crippen molar-refractivity contribution in [2.75, 3.05) is 25.6 Å². The van der Waals surface area contributed by atoms with E-state index in [4.69, 9.17) is 30.8 Å². The van der Waals surface area contributed by atoms with Crippen LogP contribution in [-0.4, -0.2) is 36.3 Å². The number of anilines is 1. The maximum Gasteiger partial charge on any atom is 0.257 e. The molecule has 4 aromatic rings. The molecule has 5 rings (SSSR count). The molecule has 0 spiro atoms. The number of hydrogen-bond donors (Lipinski definition) is 2. The van der Waals surface area contributed by atoms with E-state index in [0.717, 1.165) is 11.1 Å². The van der Waals surface area contributed by atoms with Crippen LogP contribution in [0.3, 0.4) is 0 Å². The molecule has 166 valence electrons. The number of thiocarbonyl (C=S) groups is 1. The molecule has 1 aliphatic rings. The van der Waals surface area contributed by atoms with Gasteiger partial charge in [-0.25, -0.2) is 4.98 Å². The van der Waals surface area contributed by atoms with Crippen LogP contribution in [0.1, 0.15) is 10.4 Å². The van der Waals surface area contributed by atoms with Gasteiger partial charge in [0.25, 0.3) is 5.91 Å². The zero-order chi connectivity index (χ0) is 22.8. The van der Waals surface area contributed by atoms with Gasteiger partial charge in [-0.3, -0.25) is 10.1 Å². The van der Waals surface area contributed by atoms with E-state index >= 15 is 0 Å². The second-order valence-corrected chi connectivity index (χ2v) is 7.60. The molecule has 3 aromatic carbocycles. The third kappa shape index (κ3) is 4.44. The number of carbonyl (C=O) groups excluding carboxylic acids is 1. The lowest BCUT2D eigenvalue weighted by atomic mass is 10.2. The minimum atomic E-state index is -0.344. The number of hydrogen-bond acceptors (Lipinski definition) is 7. The van der Waals surface area contributed by atoms with E-state index in [0.29, 0.717) is 53.2 Å². The molecule has 0 radical (unpaired) electrons. The van der Waals surface area contributed by atoms with Crippen molar-refractivity contribution in [2.45, 2.75) is 0 Å². The van der Waals surface area contributed by atoms with Gasteiger partial charge in [0.2, 0.25) is 5.89 Å². The fraction of sp³-hybridized carbons (Fsp3) is 0.125. The normalized spacial score (nSPS) is 12.3. The summed E-state index contributed by atoms with van der Waals surface area (Å²) in [6.07, 6.45) is 0. The van der Waals surface area contributed by atoms with Gasteiger partial charge in [0.1, 0.15) is 24.5 Å². The minimum absolute atomic E-state index is 0.177. The fourth-order valence-electron chi connectivity index (χ4n) is 3.38. The Labute approximate surface area is 194 Å². The van der Waals surface area contributed by atoms with E-state index in [1.54, 1.807) is 25.3 Å². The summed E-state index contributed by atoms with van der Waals surface area (Å²) in [6.45, 7) is 0.943. The topological polar surface area (TPSA) is 94.9 Å². The second kappa shape index (κ2) is 8.79. The zero-order valence-corrected chi connectivity index (χ0v) is 18.4. The predicted molar refractivity (Wildman–Crippen MR) is 127 cm³/mol. The molecular weight excluding hydrogens is 442 g/mol. The molecule has 0 saturated heterocycles. The highest BCUT2D eigenvalue weighted by molar-refractivity contribution is 7.80. The molecule has 0 saturated carbocycles. The predicted octanol–water partition coefficient (Wildman–Crippen LogP) is 4.40. The smallest absolute Gasteiger partial charge is 0.257 e. The van der Waals surface area contributed by atoms with Crippen molar-refractivity contribution in [3.63, 3.8) is 0 Å². The average Bonchev–Trinajstić information content (AvgIpc) is 3.27. The molecule has 9 heteroatoms. The first kappa shape index (κ1) is 20.8. The van der Waals surface area contributed by atoms with Crippen LogP contribution in [0.15, 0.2) is 65.1 Å². The van der Waals surface area contributed by atoms with Crippen molar-refractivity contribution in [1.29, 1.82) is 0 Å². The summed E-state index contributed by atoms with van der Waals surface area (Å²) in [5, 5.41) is 5.85. The van der Waals surface area contributed by atoms with Crippen LogP contribution in [0.4, 0.5) is 5.69 Å². The first-order valence-corrected chi connectivity index (χ1v) is 10.6. The van der Waals surface area contributed by atoms with Crippen molar-refractivity contribution >= 4 is 40.0 Å². The summed E-state index contributed by atoms with van der Waals surface area (Å²) < 4.78 is 22.0. The van der Waals surface area contributed by atoms with Gasteiger partial charge in [0.05, 0.1) is 7.11 Å². The van der Waals surface area contributed by atoms with Crippen molar-refractivity contribution in [3.05, 3.63) is 66.2 Å². The van der Waals surface area contributed by atoms with Crippen molar-refractivity contribution in [2.24, 2.45) is 0 Å². The minimum Gasteiger partial charge on any atom is -0.497 e. The number of rotatable bonds is 4.